The van der Waals surface area contributed by atoms with Crippen molar-refractivity contribution in [2.24, 2.45) is 7.05 Å². The minimum Gasteiger partial charge on any atom is -0.316 e. The van der Waals surface area contributed by atoms with Crippen LogP contribution in [-0.4, -0.2) is 22.9 Å². The molecule has 1 N–H and O–H groups in total. The van der Waals surface area contributed by atoms with E-state index in [1.165, 1.54) is 17.7 Å². The van der Waals surface area contributed by atoms with Crippen LogP contribution in [0, 0.1) is 6.92 Å². The van der Waals surface area contributed by atoms with Gasteiger partial charge in [-0.3, -0.25) is 4.68 Å². The summed E-state index contributed by atoms with van der Waals surface area (Å²) >= 11 is 0. The zero-order valence-electron chi connectivity index (χ0n) is 7.67. The van der Waals surface area contributed by atoms with E-state index in [2.05, 4.69) is 17.3 Å². The molecule has 0 radical (unpaired) electrons. The highest BCUT2D eigenvalue weighted by molar-refractivity contribution is 5.21. The van der Waals surface area contributed by atoms with Crippen molar-refractivity contribution in [1.82, 2.24) is 15.1 Å². The zero-order valence-corrected chi connectivity index (χ0v) is 7.67. The maximum Gasteiger partial charge on any atom is 0.0521 e. The number of rotatable bonds is 1. The molecule has 12 heavy (non-hydrogen) atoms. The first-order valence-electron chi connectivity index (χ1n) is 4.48. The summed E-state index contributed by atoms with van der Waals surface area (Å²) in [6.07, 6.45) is 3.20. The lowest BCUT2D eigenvalue weighted by Crippen LogP contribution is -2.11. The molecule has 0 spiro atoms. The molecular formula is C9H15N3. The smallest absolute Gasteiger partial charge is 0.0521 e. The Kier molecular flexibility index (Phi) is 1.89. The molecule has 1 fully saturated rings. The zero-order chi connectivity index (χ0) is 8.55. The Labute approximate surface area is 72.8 Å². The number of aromatic nitrogens is 2. The summed E-state index contributed by atoms with van der Waals surface area (Å²) in [5.74, 6) is 0.678. The third-order valence-electron chi connectivity index (χ3n) is 2.62. The van der Waals surface area contributed by atoms with E-state index in [4.69, 9.17) is 0 Å². The average Bonchev–Trinajstić information content (AvgIpc) is 2.61. The second kappa shape index (κ2) is 2.90. The van der Waals surface area contributed by atoms with E-state index in [-0.39, 0.29) is 0 Å². The third kappa shape index (κ3) is 1.14. The van der Waals surface area contributed by atoms with E-state index in [9.17, 15) is 0 Å². The fourth-order valence-electron chi connectivity index (χ4n) is 2.03. The van der Waals surface area contributed by atoms with Crippen molar-refractivity contribution in [3.63, 3.8) is 0 Å². The van der Waals surface area contributed by atoms with Crippen LogP contribution in [0.15, 0.2) is 6.20 Å². The molecule has 0 bridgehead atoms. The Bertz CT molecular complexity index is 252. The summed E-state index contributed by atoms with van der Waals surface area (Å²) in [5, 5.41) is 7.62. The fourth-order valence-corrected chi connectivity index (χ4v) is 2.03. The Balaban J connectivity index is 2.30. The highest BCUT2D eigenvalue weighted by atomic mass is 15.3. The molecule has 0 amide bonds. The van der Waals surface area contributed by atoms with Gasteiger partial charge in [0.25, 0.3) is 0 Å². The first kappa shape index (κ1) is 7.80. The number of aryl methyl sites for hydroxylation is 2. The molecule has 3 heteroatoms. The molecule has 1 saturated heterocycles. The molecule has 1 atom stereocenters. The van der Waals surface area contributed by atoms with E-state index in [0.29, 0.717) is 5.92 Å². The van der Waals surface area contributed by atoms with E-state index in [1.807, 2.05) is 17.9 Å². The van der Waals surface area contributed by atoms with Gasteiger partial charge in [0.1, 0.15) is 0 Å². The van der Waals surface area contributed by atoms with Gasteiger partial charge in [0.2, 0.25) is 0 Å². The van der Waals surface area contributed by atoms with Gasteiger partial charge in [-0.15, -0.1) is 0 Å². The summed E-state index contributed by atoms with van der Waals surface area (Å²) in [4.78, 5) is 0. The first-order valence-corrected chi connectivity index (χ1v) is 4.48. The van der Waals surface area contributed by atoms with Crippen molar-refractivity contribution in [2.75, 3.05) is 13.1 Å². The lowest BCUT2D eigenvalue weighted by atomic mass is 10.0. The minimum atomic E-state index is 0.678. The van der Waals surface area contributed by atoms with Crippen LogP contribution in [0.4, 0.5) is 0 Å². The Morgan fingerprint density at radius 3 is 3.00 bits per heavy atom. The summed E-state index contributed by atoms with van der Waals surface area (Å²) in [6, 6.07) is 0. The van der Waals surface area contributed by atoms with Gasteiger partial charge in [-0.05, 0) is 25.5 Å². The molecule has 3 nitrogen and oxygen atoms in total. The molecule has 1 aliphatic rings. The SMILES string of the molecule is Cc1cnn(C)c1C1CCNC1. The predicted molar refractivity (Wildman–Crippen MR) is 48.2 cm³/mol. The van der Waals surface area contributed by atoms with Crippen LogP contribution in [0.5, 0.6) is 0 Å². The lowest BCUT2D eigenvalue weighted by molar-refractivity contribution is 0.634. The standard InChI is InChI=1S/C9H15N3/c1-7-5-11-12(2)9(7)8-3-4-10-6-8/h5,8,10H,3-4,6H2,1-2H3. The largest absolute Gasteiger partial charge is 0.316 e. The van der Waals surface area contributed by atoms with Crippen molar-refractivity contribution in [2.45, 2.75) is 19.3 Å². The van der Waals surface area contributed by atoms with Gasteiger partial charge >= 0.3 is 0 Å². The lowest BCUT2D eigenvalue weighted by Gasteiger charge is -2.09. The Hall–Kier alpha value is -0.830. The summed E-state index contributed by atoms with van der Waals surface area (Å²) in [6.45, 7) is 4.40. The number of hydrogen-bond acceptors (Lipinski definition) is 2. The quantitative estimate of drug-likeness (QED) is 0.667. The van der Waals surface area contributed by atoms with Gasteiger partial charge in [-0.25, -0.2) is 0 Å². The highest BCUT2D eigenvalue weighted by Gasteiger charge is 2.21. The van der Waals surface area contributed by atoms with Crippen molar-refractivity contribution in [3.8, 4) is 0 Å². The molecule has 0 aromatic carbocycles. The molecule has 0 saturated carbocycles. The van der Waals surface area contributed by atoms with Crippen molar-refractivity contribution in [1.29, 1.82) is 0 Å². The molecular weight excluding hydrogens is 150 g/mol. The Morgan fingerprint density at radius 1 is 1.67 bits per heavy atom. The summed E-state index contributed by atoms with van der Waals surface area (Å²) in [7, 11) is 2.03. The van der Waals surface area contributed by atoms with Crippen molar-refractivity contribution in [3.05, 3.63) is 17.5 Å². The number of hydrogen-bond donors (Lipinski definition) is 1. The monoisotopic (exact) mass is 165 g/mol. The third-order valence-corrected chi connectivity index (χ3v) is 2.62. The van der Waals surface area contributed by atoms with Crippen LogP contribution in [0.1, 0.15) is 23.6 Å². The maximum atomic E-state index is 4.25. The number of nitrogens with one attached hydrogen (secondary N) is 1. The first-order chi connectivity index (χ1) is 5.79. The highest BCUT2D eigenvalue weighted by Crippen LogP contribution is 2.24. The summed E-state index contributed by atoms with van der Waals surface area (Å²) < 4.78 is 2.01. The molecule has 2 heterocycles. The molecule has 66 valence electrons. The van der Waals surface area contributed by atoms with Crippen molar-refractivity contribution < 1.29 is 0 Å². The van der Waals surface area contributed by atoms with Crippen LogP contribution < -0.4 is 5.32 Å². The summed E-state index contributed by atoms with van der Waals surface area (Å²) in [5.41, 5.74) is 2.73. The van der Waals surface area contributed by atoms with Gasteiger partial charge < -0.3 is 5.32 Å². The second-order valence-electron chi connectivity index (χ2n) is 3.53. The molecule has 1 aromatic heterocycles. The molecule has 2 rings (SSSR count). The van der Waals surface area contributed by atoms with Crippen LogP contribution in [-0.2, 0) is 7.05 Å². The molecule has 1 aromatic rings. The van der Waals surface area contributed by atoms with Gasteiger partial charge in [0, 0.05) is 25.2 Å². The Morgan fingerprint density at radius 2 is 2.50 bits per heavy atom. The normalized spacial score (nSPS) is 23.3. The maximum absolute atomic E-state index is 4.25. The van der Waals surface area contributed by atoms with E-state index >= 15 is 0 Å². The van der Waals surface area contributed by atoms with Gasteiger partial charge in [-0.1, -0.05) is 0 Å². The van der Waals surface area contributed by atoms with Gasteiger partial charge in [0.15, 0.2) is 0 Å². The molecule has 1 unspecified atom stereocenters. The van der Waals surface area contributed by atoms with E-state index < -0.39 is 0 Å². The van der Waals surface area contributed by atoms with Crippen LogP contribution in [0.2, 0.25) is 0 Å². The van der Waals surface area contributed by atoms with Crippen LogP contribution >= 0.6 is 0 Å². The molecule has 1 aliphatic heterocycles. The van der Waals surface area contributed by atoms with Gasteiger partial charge in [-0.2, -0.15) is 5.10 Å². The van der Waals surface area contributed by atoms with E-state index in [1.54, 1.807) is 0 Å². The number of nitrogens with zero attached hydrogens (tertiary/aromatic N) is 2. The van der Waals surface area contributed by atoms with Gasteiger partial charge in [0.05, 0.1) is 6.20 Å². The minimum absolute atomic E-state index is 0.678. The molecule has 0 aliphatic carbocycles. The van der Waals surface area contributed by atoms with E-state index in [0.717, 1.165) is 13.1 Å². The average molecular weight is 165 g/mol. The fraction of sp³-hybridized carbons (Fsp3) is 0.667. The van der Waals surface area contributed by atoms with Crippen LogP contribution in [0.25, 0.3) is 0 Å². The van der Waals surface area contributed by atoms with Crippen molar-refractivity contribution >= 4 is 0 Å². The second-order valence-corrected chi connectivity index (χ2v) is 3.53. The topological polar surface area (TPSA) is 29.9 Å². The predicted octanol–water partition coefficient (Wildman–Crippen LogP) is 0.805. The van der Waals surface area contributed by atoms with Crippen LogP contribution in [0.3, 0.4) is 0 Å².